The summed E-state index contributed by atoms with van der Waals surface area (Å²) in [5.41, 5.74) is 2.11. The van der Waals surface area contributed by atoms with Gasteiger partial charge in [-0.3, -0.25) is 9.89 Å². The fraction of sp³-hybridized carbons (Fsp3) is 0.500. The maximum atomic E-state index is 10.5. The van der Waals surface area contributed by atoms with Gasteiger partial charge in [-0.2, -0.15) is 0 Å². The van der Waals surface area contributed by atoms with Gasteiger partial charge in [0.05, 0.1) is 18.7 Å². The van der Waals surface area contributed by atoms with E-state index in [0.717, 1.165) is 37.7 Å². The summed E-state index contributed by atoms with van der Waals surface area (Å²) in [7, 11) is 0. The normalized spacial score (nSPS) is 16.9. The number of hydrogen-bond donors (Lipinski definition) is 3. The fourth-order valence-corrected chi connectivity index (χ4v) is 4.39. The van der Waals surface area contributed by atoms with Crippen LogP contribution in [0.15, 0.2) is 46.8 Å². The summed E-state index contributed by atoms with van der Waals surface area (Å²) in [4.78, 5) is 8.76. The van der Waals surface area contributed by atoms with Crippen LogP contribution in [0.3, 0.4) is 0 Å². The lowest BCUT2D eigenvalue weighted by atomic mass is 10.1. The van der Waals surface area contributed by atoms with E-state index in [0.29, 0.717) is 12.6 Å². The molecule has 0 aliphatic carbocycles. The Hall–Kier alpha value is -1.16. The molecule has 160 valence electrons. The van der Waals surface area contributed by atoms with Gasteiger partial charge in [0, 0.05) is 18.0 Å². The molecule has 3 N–H and O–H groups in total. The summed E-state index contributed by atoms with van der Waals surface area (Å²) < 4.78 is 0. The molecule has 7 heteroatoms. The predicted octanol–water partition coefficient (Wildman–Crippen LogP) is 4.10. The number of halogens is 1. The van der Waals surface area contributed by atoms with Crippen LogP contribution in [0.25, 0.3) is 0 Å². The summed E-state index contributed by atoms with van der Waals surface area (Å²) >= 11 is 1.81. The largest absolute Gasteiger partial charge is 0.387 e. The highest BCUT2D eigenvalue weighted by molar-refractivity contribution is 14.0. The van der Waals surface area contributed by atoms with E-state index in [1.54, 1.807) is 0 Å². The number of aryl methyl sites for hydroxylation is 1. The molecule has 2 atom stereocenters. The van der Waals surface area contributed by atoms with E-state index in [1.807, 2.05) is 35.6 Å². The Bertz CT molecular complexity index is 730. The van der Waals surface area contributed by atoms with Crippen molar-refractivity contribution in [1.29, 1.82) is 0 Å². The minimum absolute atomic E-state index is 0. The van der Waals surface area contributed by atoms with E-state index in [9.17, 15) is 5.11 Å². The van der Waals surface area contributed by atoms with Gasteiger partial charge in [-0.05, 0) is 56.8 Å². The van der Waals surface area contributed by atoms with Gasteiger partial charge in [-0.1, -0.05) is 35.9 Å². The maximum Gasteiger partial charge on any atom is 0.191 e. The Morgan fingerprint density at radius 3 is 2.52 bits per heavy atom. The molecule has 1 aliphatic rings. The molecule has 2 heterocycles. The summed E-state index contributed by atoms with van der Waals surface area (Å²) in [6, 6.07) is 12.7. The second kappa shape index (κ2) is 12.5. The topological polar surface area (TPSA) is 59.9 Å². The van der Waals surface area contributed by atoms with Gasteiger partial charge in [0.15, 0.2) is 5.96 Å². The average molecular weight is 529 g/mol. The third-order valence-corrected chi connectivity index (χ3v) is 6.12. The molecular formula is C22H33IN4OS. The molecule has 2 aromatic rings. The Morgan fingerprint density at radius 1 is 1.17 bits per heavy atom. The van der Waals surface area contributed by atoms with Crippen LogP contribution >= 0.6 is 35.3 Å². The Balaban J connectivity index is 0.00000300. The third-order valence-electron chi connectivity index (χ3n) is 5.14. The highest BCUT2D eigenvalue weighted by atomic mass is 127. The molecule has 2 unspecified atom stereocenters. The molecule has 1 aliphatic heterocycles. The van der Waals surface area contributed by atoms with E-state index >= 15 is 0 Å². The van der Waals surface area contributed by atoms with Crippen molar-refractivity contribution in [2.45, 2.75) is 38.8 Å². The van der Waals surface area contributed by atoms with Crippen LogP contribution in [-0.2, 0) is 0 Å². The van der Waals surface area contributed by atoms with Crippen LogP contribution in [-0.4, -0.2) is 48.7 Å². The number of likely N-dealkylation sites (tertiary alicyclic amines) is 1. The molecule has 1 aromatic carbocycles. The minimum Gasteiger partial charge on any atom is -0.387 e. The first-order valence-corrected chi connectivity index (χ1v) is 11.1. The quantitative estimate of drug-likeness (QED) is 0.275. The zero-order valence-electron chi connectivity index (χ0n) is 17.3. The molecule has 1 saturated heterocycles. The van der Waals surface area contributed by atoms with Gasteiger partial charge in [0.25, 0.3) is 0 Å². The third kappa shape index (κ3) is 7.24. The Kier molecular flexibility index (Phi) is 10.4. The summed E-state index contributed by atoms with van der Waals surface area (Å²) in [5, 5.41) is 19.2. The molecule has 0 radical (unpaired) electrons. The molecule has 3 rings (SSSR count). The molecule has 5 nitrogen and oxygen atoms in total. The number of aliphatic hydroxyl groups excluding tert-OH is 1. The van der Waals surface area contributed by atoms with Crippen molar-refractivity contribution in [2.75, 3.05) is 32.7 Å². The number of rotatable bonds is 8. The number of benzene rings is 1. The maximum absolute atomic E-state index is 10.5. The van der Waals surface area contributed by atoms with Gasteiger partial charge < -0.3 is 15.7 Å². The van der Waals surface area contributed by atoms with Gasteiger partial charge >= 0.3 is 0 Å². The number of guanidine groups is 1. The van der Waals surface area contributed by atoms with Gasteiger partial charge in [0.2, 0.25) is 0 Å². The minimum atomic E-state index is -0.559. The lowest BCUT2D eigenvalue weighted by Gasteiger charge is -2.25. The number of thiophene rings is 1. The highest BCUT2D eigenvalue weighted by Crippen LogP contribution is 2.28. The monoisotopic (exact) mass is 528 g/mol. The van der Waals surface area contributed by atoms with Crippen LogP contribution in [0.4, 0.5) is 0 Å². The molecule has 0 amide bonds. The van der Waals surface area contributed by atoms with Crippen LogP contribution in [0.2, 0.25) is 0 Å². The van der Waals surface area contributed by atoms with Crippen molar-refractivity contribution in [3.63, 3.8) is 0 Å². The number of nitrogens with zero attached hydrogens (tertiary/aromatic N) is 2. The van der Waals surface area contributed by atoms with E-state index in [4.69, 9.17) is 4.99 Å². The van der Waals surface area contributed by atoms with Crippen molar-refractivity contribution in [3.05, 3.63) is 57.8 Å². The molecule has 29 heavy (non-hydrogen) atoms. The Labute approximate surface area is 195 Å². The SMILES string of the molecule is CCNC(=NCC(c1cccs1)N1CCCC1)NCC(O)c1ccc(C)cc1.I. The zero-order valence-corrected chi connectivity index (χ0v) is 20.5. The Morgan fingerprint density at radius 2 is 1.90 bits per heavy atom. The lowest BCUT2D eigenvalue weighted by molar-refractivity contribution is 0.180. The standard InChI is InChI=1S/C22H32N4OS.HI/c1-3-23-22(25-16-20(27)18-10-8-17(2)9-11-18)24-15-19(21-7-6-14-28-21)26-12-4-5-13-26;/h6-11,14,19-20,27H,3-5,12-13,15-16H2,1-2H3,(H2,23,24,25);1H. The highest BCUT2D eigenvalue weighted by Gasteiger charge is 2.24. The summed E-state index contributed by atoms with van der Waals surface area (Å²) in [5.74, 6) is 0.759. The lowest BCUT2D eigenvalue weighted by Crippen LogP contribution is -2.40. The number of hydrogen-bond acceptors (Lipinski definition) is 4. The molecule has 0 bridgehead atoms. The van der Waals surface area contributed by atoms with Gasteiger partial charge in [-0.15, -0.1) is 35.3 Å². The second-order valence-corrected chi connectivity index (χ2v) is 8.28. The fourth-order valence-electron chi connectivity index (χ4n) is 3.54. The van der Waals surface area contributed by atoms with Crippen molar-refractivity contribution in [2.24, 2.45) is 4.99 Å². The van der Waals surface area contributed by atoms with Crippen molar-refractivity contribution in [3.8, 4) is 0 Å². The zero-order chi connectivity index (χ0) is 19.8. The number of aliphatic imine (C=N–C) groups is 1. The van der Waals surface area contributed by atoms with E-state index in [-0.39, 0.29) is 24.0 Å². The second-order valence-electron chi connectivity index (χ2n) is 7.30. The first-order chi connectivity index (χ1) is 13.7. The van der Waals surface area contributed by atoms with Gasteiger partial charge in [0.1, 0.15) is 0 Å². The van der Waals surface area contributed by atoms with E-state index in [1.165, 1.54) is 23.3 Å². The molecular weight excluding hydrogens is 495 g/mol. The first-order valence-electron chi connectivity index (χ1n) is 10.2. The average Bonchev–Trinajstić information content (AvgIpc) is 3.41. The van der Waals surface area contributed by atoms with Crippen molar-refractivity contribution in [1.82, 2.24) is 15.5 Å². The van der Waals surface area contributed by atoms with Crippen LogP contribution in [0.1, 0.15) is 47.9 Å². The molecule has 0 saturated carbocycles. The van der Waals surface area contributed by atoms with Crippen LogP contribution < -0.4 is 10.6 Å². The predicted molar refractivity (Wildman–Crippen MR) is 133 cm³/mol. The van der Waals surface area contributed by atoms with Gasteiger partial charge in [-0.25, -0.2) is 0 Å². The molecule has 1 aromatic heterocycles. The van der Waals surface area contributed by atoms with E-state index in [2.05, 4.69) is 46.9 Å². The molecule has 0 spiro atoms. The van der Waals surface area contributed by atoms with Crippen molar-refractivity contribution >= 4 is 41.3 Å². The number of nitrogens with one attached hydrogen (secondary N) is 2. The smallest absolute Gasteiger partial charge is 0.191 e. The van der Waals surface area contributed by atoms with E-state index < -0.39 is 6.10 Å². The summed E-state index contributed by atoms with van der Waals surface area (Å²) in [6.07, 6.45) is 1.98. The number of aliphatic hydroxyl groups is 1. The van der Waals surface area contributed by atoms with Crippen LogP contribution in [0.5, 0.6) is 0 Å². The first kappa shape index (κ1) is 24.1. The van der Waals surface area contributed by atoms with Crippen molar-refractivity contribution < 1.29 is 5.11 Å². The summed E-state index contributed by atoms with van der Waals surface area (Å²) in [6.45, 7) is 8.35. The van der Waals surface area contributed by atoms with Crippen LogP contribution in [0, 0.1) is 6.92 Å². The molecule has 1 fully saturated rings.